The van der Waals surface area contributed by atoms with Gasteiger partial charge in [0.15, 0.2) is 29.1 Å². The minimum Gasteiger partial charge on any atom is -0.479 e. The van der Waals surface area contributed by atoms with Crippen molar-refractivity contribution in [1.29, 1.82) is 0 Å². The molecular weight excluding hydrogens is 446 g/mol. The fraction of sp³-hybridized carbons (Fsp3) is 0.238. The topological polar surface area (TPSA) is 132 Å². The van der Waals surface area contributed by atoms with E-state index >= 15 is 0 Å². The Bertz CT molecular complexity index is 1050. The Morgan fingerprint density at radius 2 is 1.76 bits per heavy atom. The maximum absolute atomic E-state index is 13.8. The number of nitrogens with one attached hydrogen (secondary N) is 1. The highest BCUT2D eigenvalue weighted by Gasteiger charge is 2.25. The van der Waals surface area contributed by atoms with Crippen LogP contribution in [0.3, 0.4) is 0 Å². The summed E-state index contributed by atoms with van der Waals surface area (Å²) in [4.78, 5) is 32.7. The van der Waals surface area contributed by atoms with E-state index in [1.54, 1.807) is 12.1 Å². The van der Waals surface area contributed by atoms with Crippen molar-refractivity contribution in [1.82, 2.24) is 5.32 Å². The summed E-state index contributed by atoms with van der Waals surface area (Å²) in [7, 11) is 0. The molecule has 0 aromatic heterocycles. The first-order valence-corrected chi connectivity index (χ1v) is 9.55. The molecule has 0 radical (unpaired) electrons. The number of carbonyl (C=O) groups is 2. The van der Waals surface area contributed by atoms with Crippen LogP contribution in [0.5, 0.6) is 5.75 Å². The summed E-state index contributed by atoms with van der Waals surface area (Å²) in [6.45, 7) is 2.53. The zero-order valence-corrected chi connectivity index (χ0v) is 17.3. The number of ether oxygens (including phenoxy) is 1. The Hall–Kier alpha value is -3.96. The summed E-state index contributed by atoms with van der Waals surface area (Å²) < 4.78 is 59.0. The van der Waals surface area contributed by atoms with Gasteiger partial charge in [0.05, 0.1) is 11.7 Å². The number of hydrogen-bond donors (Lipinski definition) is 3. The summed E-state index contributed by atoms with van der Waals surface area (Å²) in [5, 5.41) is 2.48. The van der Waals surface area contributed by atoms with Gasteiger partial charge in [-0.2, -0.15) is 8.78 Å². The van der Waals surface area contributed by atoms with E-state index in [1.165, 1.54) is 12.1 Å². The average molecular weight is 467 g/mol. The maximum atomic E-state index is 13.8. The number of nitrogens with zero attached hydrogens (tertiary/aromatic N) is 2. The van der Waals surface area contributed by atoms with E-state index in [-0.39, 0.29) is 37.0 Å². The van der Waals surface area contributed by atoms with Crippen LogP contribution >= 0.6 is 0 Å². The molecule has 2 aromatic carbocycles. The van der Waals surface area contributed by atoms with Gasteiger partial charge in [-0.25, -0.2) is 8.78 Å². The summed E-state index contributed by atoms with van der Waals surface area (Å²) in [5.41, 5.74) is 11.1. The van der Waals surface area contributed by atoms with Gasteiger partial charge in [-0.05, 0) is 37.8 Å². The van der Waals surface area contributed by atoms with Crippen LogP contribution < -0.4 is 21.5 Å². The molecule has 5 N–H and O–H groups in total. The zero-order chi connectivity index (χ0) is 24.5. The summed E-state index contributed by atoms with van der Waals surface area (Å²) >= 11 is 0. The number of ketones is 1. The molecule has 2 rings (SSSR count). The fourth-order valence-electron chi connectivity index (χ4n) is 2.73. The summed E-state index contributed by atoms with van der Waals surface area (Å²) in [6, 6.07) is 4.90. The van der Waals surface area contributed by atoms with Crippen molar-refractivity contribution in [3.05, 3.63) is 59.2 Å². The van der Waals surface area contributed by atoms with Crippen molar-refractivity contribution in [3.8, 4) is 5.75 Å². The number of Topliss-reactive ketones (excluding diaryl/α,β-unsaturated/α-hetero) is 1. The molecule has 0 aliphatic rings. The first-order chi connectivity index (χ1) is 15.6. The minimum atomic E-state index is -1.79. The molecule has 0 bridgehead atoms. The fourth-order valence-corrected chi connectivity index (χ4v) is 2.73. The van der Waals surface area contributed by atoms with Gasteiger partial charge in [-0.3, -0.25) is 19.6 Å². The number of aliphatic imine (C=N–C) groups is 2. The molecule has 0 aliphatic heterocycles. The minimum absolute atomic E-state index is 0.0122. The predicted octanol–water partition coefficient (Wildman–Crippen LogP) is 2.38. The van der Waals surface area contributed by atoms with E-state index < -0.39 is 53.4 Å². The van der Waals surface area contributed by atoms with Crippen LogP contribution in [0.25, 0.3) is 0 Å². The maximum Gasteiger partial charge on any atom is 0.251 e. The number of hydrogen-bond acceptors (Lipinski definition) is 5. The molecule has 0 spiro atoms. The highest BCUT2D eigenvalue weighted by Crippen LogP contribution is 2.26. The average Bonchev–Trinajstić information content (AvgIpc) is 2.79. The Balaban J connectivity index is 2.16. The third kappa shape index (κ3) is 7.02. The molecule has 8 nitrogen and oxygen atoms in total. The standard InChI is InChI=1S/C21H21F4N5O3/c1-28-12-5-2-4-11(8-12)20(32)30-15(6-3-7-29-21(26)27)16(31)10-33-19-17(24)13(22)9-14(23)18(19)25/h2,4-5,8-9,15H,1,3,6-7,10H2,(H,30,32)(H4,26,27,29). The Kier molecular flexibility index (Phi) is 8.89. The predicted molar refractivity (Wildman–Crippen MR) is 114 cm³/mol. The molecule has 0 saturated heterocycles. The van der Waals surface area contributed by atoms with Gasteiger partial charge in [0, 0.05) is 18.2 Å². The first kappa shape index (κ1) is 25.3. The molecule has 12 heteroatoms. The van der Waals surface area contributed by atoms with Crippen molar-refractivity contribution >= 4 is 30.1 Å². The van der Waals surface area contributed by atoms with E-state index in [0.29, 0.717) is 5.69 Å². The van der Waals surface area contributed by atoms with Crippen LogP contribution in [0, 0.1) is 23.3 Å². The summed E-state index contributed by atoms with van der Waals surface area (Å²) in [5.74, 6) is -9.95. The van der Waals surface area contributed by atoms with Crippen LogP contribution in [0.1, 0.15) is 23.2 Å². The zero-order valence-electron chi connectivity index (χ0n) is 17.3. The van der Waals surface area contributed by atoms with E-state index in [9.17, 15) is 27.2 Å². The Morgan fingerprint density at radius 1 is 1.09 bits per heavy atom. The SMILES string of the molecule is C=Nc1cccc(C(=O)NC(CCCN=C(N)N)C(=O)COc2c(F)c(F)cc(F)c2F)c1. The lowest BCUT2D eigenvalue weighted by Gasteiger charge is -2.18. The molecule has 1 amide bonds. The van der Waals surface area contributed by atoms with Gasteiger partial charge in [0.2, 0.25) is 11.6 Å². The number of nitrogens with two attached hydrogens (primary N) is 2. The van der Waals surface area contributed by atoms with Crippen LogP contribution in [0.2, 0.25) is 0 Å². The van der Waals surface area contributed by atoms with Crippen molar-refractivity contribution in [3.63, 3.8) is 0 Å². The second-order valence-electron chi connectivity index (χ2n) is 6.74. The van der Waals surface area contributed by atoms with Crippen LogP contribution in [-0.2, 0) is 4.79 Å². The van der Waals surface area contributed by atoms with Gasteiger partial charge in [-0.1, -0.05) is 6.07 Å². The first-order valence-electron chi connectivity index (χ1n) is 9.55. The number of amides is 1. The molecule has 0 heterocycles. The van der Waals surface area contributed by atoms with Gasteiger partial charge < -0.3 is 21.5 Å². The molecular formula is C21H21F4N5O3. The third-order valence-electron chi connectivity index (χ3n) is 4.36. The second-order valence-corrected chi connectivity index (χ2v) is 6.74. The lowest BCUT2D eigenvalue weighted by Crippen LogP contribution is -2.43. The highest BCUT2D eigenvalue weighted by atomic mass is 19.2. The monoisotopic (exact) mass is 467 g/mol. The van der Waals surface area contributed by atoms with Crippen molar-refractivity contribution in [2.75, 3.05) is 13.2 Å². The van der Waals surface area contributed by atoms with Gasteiger partial charge >= 0.3 is 0 Å². The molecule has 0 aliphatic carbocycles. The largest absolute Gasteiger partial charge is 0.479 e. The Labute approximate surface area is 186 Å². The molecule has 33 heavy (non-hydrogen) atoms. The third-order valence-corrected chi connectivity index (χ3v) is 4.36. The van der Waals surface area contributed by atoms with Gasteiger partial charge in [0.25, 0.3) is 5.91 Å². The van der Waals surface area contributed by atoms with Crippen molar-refractivity contribution in [2.24, 2.45) is 21.5 Å². The number of halogens is 4. The van der Waals surface area contributed by atoms with Crippen molar-refractivity contribution in [2.45, 2.75) is 18.9 Å². The van der Waals surface area contributed by atoms with Crippen LogP contribution in [0.4, 0.5) is 23.2 Å². The molecule has 1 unspecified atom stereocenters. The van der Waals surface area contributed by atoms with Crippen molar-refractivity contribution < 1.29 is 31.9 Å². The van der Waals surface area contributed by atoms with E-state index in [2.05, 4.69) is 22.0 Å². The van der Waals surface area contributed by atoms with E-state index in [1.807, 2.05) is 0 Å². The quantitative estimate of drug-likeness (QED) is 0.153. The highest BCUT2D eigenvalue weighted by molar-refractivity contribution is 5.98. The lowest BCUT2D eigenvalue weighted by molar-refractivity contribution is -0.123. The number of guanidine groups is 1. The van der Waals surface area contributed by atoms with Gasteiger partial charge in [-0.15, -0.1) is 0 Å². The normalized spacial score (nSPS) is 11.4. The second kappa shape index (κ2) is 11.6. The molecule has 0 fully saturated rings. The van der Waals surface area contributed by atoms with Gasteiger partial charge in [0.1, 0.15) is 6.61 Å². The number of rotatable bonds is 11. The van der Waals surface area contributed by atoms with E-state index in [0.717, 1.165) is 0 Å². The van der Waals surface area contributed by atoms with Crippen LogP contribution in [-0.4, -0.2) is 43.6 Å². The number of carbonyl (C=O) groups excluding carboxylic acids is 2. The molecule has 176 valence electrons. The lowest BCUT2D eigenvalue weighted by atomic mass is 10.1. The summed E-state index contributed by atoms with van der Waals surface area (Å²) in [6.07, 6.45) is 0.284. The van der Waals surface area contributed by atoms with E-state index in [4.69, 9.17) is 16.2 Å². The number of benzene rings is 2. The molecule has 2 aromatic rings. The smallest absolute Gasteiger partial charge is 0.251 e. The molecule has 0 saturated carbocycles. The Morgan fingerprint density at radius 3 is 2.36 bits per heavy atom. The molecule has 1 atom stereocenters. The van der Waals surface area contributed by atoms with Crippen LogP contribution in [0.15, 0.2) is 40.3 Å².